The zero-order valence-corrected chi connectivity index (χ0v) is 12.2. The van der Waals surface area contributed by atoms with Crippen molar-refractivity contribution in [3.05, 3.63) is 24.3 Å². The molecule has 0 atom stereocenters. The molecular formula is C16H18N4O2. The van der Waals surface area contributed by atoms with Crippen LogP contribution in [0.25, 0.3) is 21.9 Å². The molecule has 1 saturated heterocycles. The van der Waals surface area contributed by atoms with Gasteiger partial charge in [-0.3, -0.25) is 4.57 Å². The van der Waals surface area contributed by atoms with Gasteiger partial charge in [-0.25, -0.2) is 4.98 Å². The number of benzene rings is 1. The van der Waals surface area contributed by atoms with Crippen molar-refractivity contribution < 1.29 is 9.84 Å². The van der Waals surface area contributed by atoms with Crippen molar-refractivity contribution in [1.82, 2.24) is 14.5 Å². The number of pyridine rings is 1. The molecule has 4 rings (SSSR count). The van der Waals surface area contributed by atoms with Gasteiger partial charge in [0.1, 0.15) is 5.52 Å². The van der Waals surface area contributed by atoms with E-state index >= 15 is 0 Å². The fourth-order valence-corrected chi connectivity index (χ4v) is 3.21. The number of nitrogen functional groups attached to an aromatic ring is 1. The summed E-state index contributed by atoms with van der Waals surface area (Å²) in [6.45, 7) is 2.28. The molecule has 0 unspecified atom stereocenters. The van der Waals surface area contributed by atoms with Crippen molar-refractivity contribution in [2.75, 3.05) is 18.9 Å². The maximum atomic E-state index is 10.3. The molecule has 0 amide bonds. The molecule has 3 heterocycles. The molecule has 1 aromatic carbocycles. The Hall–Kier alpha value is -2.34. The van der Waals surface area contributed by atoms with Crippen LogP contribution in [0.5, 0.6) is 6.01 Å². The molecular weight excluding hydrogens is 280 g/mol. The van der Waals surface area contributed by atoms with Crippen molar-refractivity contribution in [3.8, 4) is 6.01 Å². The Bertz CT molecular complexity index is 837. The van der Waals surface area contributed by atoms with Gasteiger partial charge in [0, 0.05) is 25.1 Å². The Kier molecular flexibility index (Phi) is 3.11. The van der Waals surface area contributed by atoms with Crippen molar-refractivity contribution in [2.24, 2.45) is 5.92 Å². The quantitative estimate of drug-likeness (QED) is 0.758. The zero-order chi connectivity index (χ0) is 15.1. The van der Waals surface area contributed by atoms with Crippen LogP contribution in [-0.4, -0.2) is 32.9 Å². The smallest absolute Gasteiger partial charge is 0.294 e. The zero-order valence-electron chi connectivity index (χ0n) is 12.2. The Morgan fingerprint density at radius 3 is 2.82 bits per heavy atom. The monoisotopic (exact) mass is 298 g/mol. The third-order valence-corrected chi connectivity index (χ3v) is 4.37. The molecule has 0 bridgehead atoms. The molecule has 0 radical (unpaired) electrons. The van der Waals surface area contributed by atoms with Gasteiger partial charge in [0.25, 0.3) is 6.01 Å². The number of para-hydroxylation sites is 1. The first-order valence-corrected chi connectivity index (χ1v) is 7.55. The Morgan fingerprint density at radius 2 is 2.00 bits per heavy atom. The average molecular weight is 298 g/mol. The first-order chi connectivity index (χ1) is 10.7. The standard InChI is InChI=1S/C16H18N4O2/c17-15-13-14(11-3-1-2-4-12(11)18-15)20(16(21)19-13)9-10-5-7-22-8-6-10/h1-4,10H,5-9H2,(H2,17,18)(H,19,21). The first kappa shape index (κ1) is 13.3. The number of ether oxygens (including phenoxy) is 1. The third-order valence-electron chi connectivity index (χ3n) is 4.37. The molecule has 0 aliphatic carbocycles. The second-order valence-electron chi connectivity index (χ2n) is 5.79. The lowest BCUT2D eigenvalue weighted by Crippen LogP contribution is -2.20. The van der Waals surface area contributed by atoms with E-state index < -0.39 is 0 Å². The highest BCUT2D eigenvalue weighted by Gasteiger charge is 2.21. The van der Waals surface area contributed by atoms with Crippen molar-refractivity contribution in [1.29, 1.82) is 0 Å². The number of anilines is 1. The van der Waals surface area contributed by atoms with Gasteiger partial charge in [-0.15, -0.1) is 0 Å². The molecule has 114 valence electrons. The fraction of sp³-hybridized carbons (Fsp3) is 0.375. The highest BCUT2D eigenvalue weighted by molar-refractivity contribution is 6.06. The number of aromatic hydroxyl groups is 1. The molecule has 1 fully saturated rings. The number of hydrogen-bond donors (Lipinski definition) is 2. The number of hydrogen-bond acceptors (Lipinski definition) is 5. The van der Waals surface area contributed by atoms with Gasteiger partial charge in [0.15, 0.2) is 5.82 Å². The molecule has 3 aromatic rings. The lowest BCUT2D eigenvalue weighted by atomic mass is 10.0. The number of aromatic nitrogens is 3. The van der Waals surface area contributed by atoms with E-state index in [-0.39, 0.29) is 6.01 Å². The minimum absolute atomic E-state index is 0.00587. The largest absolute Gasteiger partial charge is 0.480 e. The van der Waals surface area contributed by atoms with E-state index in [2.05, 4.69) is 9.97 Å². The van der Waals surface area contributed by atoms with E-state index in [0.717, 1.165) is 49.0 Å². The van der Waals surface area contributed by atoms with Crippen LogP contribution in [0, 0.1) is 5.92 Å². The van der Waals surface area contributed by atoms with E-state index in [1.54, 1.807) is 0 Å². The van der Waals surface area contributed by atoms with Crippen LogP contribution in [0.4, 0.5) is 5.82 Å². The summed E-state index contributed by atoms with van der Waals surface area (Å²) >= 11 is 0. The molecule has 0 saturated carbocycles. The topological polar surface area (TPSA) is 86.2 Å². The Labute approximate surface area is 127 Å². The van der Waals surface area contributed by atoms with Gasteiger partial charge in [-0.05, 0) is 24.8 Å². The van der Waals surface area contributed by atoms with Crippen LogP contribution in [0.15, 0.2) is 24.3 Å². The van der Waals surface area contributed by atoms with Gasteiger partial charge < -0.3 is 15.6 Å². The third kappa shape index (κ3) is 2.07. The summed E-state index contributed by atoms with van der Waals surface area (Å²) in [7, 11) is 0. The van der Waals surface area contributed by atoms with Crippen LogP contribution in [0.1, 0.15) is 12.8 Å². The van der Waals surface area contributed by atoms with Crippen LogP contribution in [0.2, 0.25) is 0 Å². The summed E-state index contributed by atoms with van der Waals surface area (Å²) in [5.41, 5.74) is 8.28. The summed E-state index contributed by atoms with van der Waals surface area (Å²) in [4.78, 5) is 8.60. The van der Waals surface area contributed by atoms with E-state index in [1.807, 2.05) is 28.8 Å². The van der Waals surface area contributed by atoms with E-state index in [1.165, 1.54) is 0 Å². The van der Waals surface area contributed by atoms with E-state index in [4.69, 9.17) is 10.5 Å². The first-order valence-electron chi connectivity index (χ1n) is 7.55. The Morgan fingerprint density at radius 1 is 1.23 bits per heavy atom. The van der Waals surface area contributed by atoms with Crippen molar-refractivity contribution in [3.63, 3.8) is 0 Å². The second-order valence-corrected chi connectivity index (χ2v) is 5.79. The van der Waals surface area contributed by atoms with E-state index in [0.29, 0.717) is 17.3 Å². The number of imidazole rings is 1. The summed E-state index contributed by atoms with van der Waals surface area (Å²) in [5, 5.41) is 11.3. The lowest BCUT2D eigenvalue weighted by Gasteiger charge is -2.22. The summed E-state index contributed by atoms with van der Waals surface area (Å²) in [6.07, 6.45) is 2.00. The maximum Gasteiger partial charge on any atom is 0.294 e. The number of nitrogens with zero attached hydrogens (tertiary/aromatic N) is 3. The van der Waals surface area contributed by atoms with Crippen LogP contribution in [0.3, 0.4) is 0 Å². The average Bonchev–Trinajstić information content (AvgIpc) is 2.86. The number of rotatable bonds is 2. The summed E-state index contributed by atoms with van der Waals surface area (Å²) in [5.74, 6) is 0.833. The molecule has 1 aliphatic rings. The summed E-state index contributed by atoms with van der Waals surface area (Å²) in [6, 6.07) is 7.81. The molecule has 22 heavy (non-hydrogen) atoms. The number of fused-ring (bicyclic) bond motifs is 3. The van der Waals surface area contributed by atoms with Gasteiger partial charge >= 0.3 is 0 Å². The minimum Gasteiger partial charge on any atom is -0.480 e. The van der Waals surface area contributed by atoms with E-state index in [9.17, 15) is 5.11 Å². The molecule has 1 aliphatic heterocycles. The van der Waals surface area contributed by atoms with Crippen LogP contribution >= 0.6 is 0 Å². The second kappa shape index (κ2) is 5.14. The van der Waals surface area contributed by atoms with Gasteiger partial charge in [-0.1, -0.05) is 18.2 Å². The highest BCUT2D eigenvalue weighted by atomic mass is 16.5. The van der Waals surface area contributed by atoms with Crippen molar-refractivity contribution in [2.45, 2.75) is 19.4 Å². The Balaban J connectivity index is 1.91. The van der Waals surface area contributed by atoms with Crippen molar-refractivity contribution >= 4 is 27.8 Å². The highest BCUT2D eigenvalue weighted by Crippen LogP contribution is 2.32. The predicted octanol–water partition coefficient (Wildman–Crippen LogP) is 2.30. The molecule has 6 nitrogen and oxygen atoms in total. The lowest BCUT2D eigenvalue weighted by molar-refractivity contribution is 0.0609. The summed E-state index contributed by atoms with van der Waals surface area (Å²) < 4.78 is 7.28. The van der Waals surface area contributed by atoms with Gasteiger partial charge in [0.2, 0.25) is 0 Å². The molecule has 3 N–H and O–H groups in total. The molecule has 6 heteroatoms. The molecule has 2 aromatic heterocycles. The van der Waals surface area contributed by atoms with Crippen LogP contribution in [-0.2, 0) is 11.3 Å². The minimum atomic E-state index is 0.00587. The SMILES string of the molecule is Nc1nc2ccccc2c2c1nc(O)n2CC1CCOCC1. The predicted molar refractivity (Wildman–Crippen MR) is 84.7 cm³/mol. The fourth-order valence-electron chi connectivity index (χ4n) is 3.21. The van der Waals surface area contributed by atoms with Gasteiger partial charge in [-0.2, -0.15) is 4.98 Å². The number of nitrogens with two attached hydrogens (primary N) is 1. The normalized spacial score (nSPS) is 16.5. The van der Waals surface area contributed by atoms with Crippen LogP contribution < -0.4 is 5.73 Å². The molecule has 0 spiro atoms. The maximum absolute atomic E-state index is 10.3. The van der Waals surface area contributed by atoms with Gasteiger partial charge in [0.05, 0.1) is 11.0 Å².